The lowest BCUT2D eigenvalue weighted by molar-refractivity contribution is -0.203. The van der Waals surface area contributed by atoms with Crippen LogP contribution in [0.1, 0.15) is 24.0 Å². The lowest BCUT2D eigenvalue weighted by Gasteiger charge is -2.44. The van der Waals surface area contributed by atoms with Crippen molar-refractivity contribution in [2.75, 3.05) is 40.6 Å². The summed E-state index contributed by atoms with van der Waals surface area (Å²) in [5, 5.41) is 0. The molecule has 0 bridgehead atoms. The van der Waals surface area contributed by atoms with E-state index in [0.717, 1.165) is 11.1 Å². The van der Waals surface area contributed by atoms with E-state index >= 15 is 0 Å². The van der Waals surface area contributed by atoms with Crippen LogP contribution in [0.2, 0.25) is 0 Å². The van der Waals surface area contributed by atoms with E-state index in [1.807, 2.05) is 12.1 Å². The Morgan fingerprint density at radius 3 is 1.41 bits per heavy atom. The van der Waals surface area contributed by atoms with Crippen LogP contribution in [0.5, 0.6) is 0 Å². The molecule has 2 heterocycles. The molecule has 2 aliphatic rings. The highest BCUT2D eigenvalue weighted by atomic mass is 16.6. The SMILES string of the molecule is COCCC(OC(CCOC)(c1ccccc1)C1CO1)(c1ccccc1)C1CO1. The van der Waals surface area contributed by atoms with Crippen molar-refractivity contribution in [1.29, 1.82) is 0 Å². The van der Waals surface area contributed by atoms with Crippen molar-refractivity contribution in [1.82, 2.24) is 0 Å². The van der Waals surface area contributed by atoms with Crippen LogP contribution in [0.15, 0.2) is 60.7 Å². The topological polar surface area (TPSA) is 52.8 Å². The highest BCUT2D eigenvalue weighted by Gasteiger charge is 2.58. The quantitative estimate of drug-likeness (QED) is 0.511. The summed E-state index contributed by atoms with van der Waals surface area (Å²) in [7, 11) is 3.45. The Kier molecular flexibility index (Phi) is 6.32. The molecule has 4 rings (SSSR count). The Bertz CT molecular complexity index is 694. The van der Waals surface area contributed by atoms with E-state index in [1.165, 1.54) is 0 Å². The minimum atomic E-state index is -0.618. The minimum Gasteiger partial charge on any atom is -0.385 e. The zero-order valence-corrected chi connectivity index (χ0v) is 17.2. The molecule has 0 N–H and O–H groups in total. The third-order valence-corrected chi connectivity index (χ3v) is 5.95. The summed E-state index contributed by atoms with van der Waals surface area (Å²) in [6, 6.07) is 20.7. The monoisotopic (exact) mass is 398 g/mol. The summed E-state index contributed by atoms with van der Waals surface area (Å²) in [5.41, 5.74) is 0.982. The summed E-state index contributed by atoms with van der Waals surface area (Å²) < 4.78 is 29.9. The van der Waals surface area contributed by atoms with Crippen molar-refractivity contribution < 1.29 is 23.7 Å². The maximum atomic E-state index is 7.24. The fraction of sp³-hybridized carbons (Fsp3) is 0.500. The van der Waals surface area contributed by atoms with E-state index in [2.05, 4.69) is 48.5 Å². The highest BCUT2D eigenvalue weighted by Crippen LogP contribution is 2.51. The Hall–Kier alpha value is -1.76. The largest absolute Gasteiger partial charge is 0.385 e. The van der Waals surface area contributed by atoms with Gasteiger partial charge in [-0.25, -0.2) is 0 Å². The van der Waals surface area contributed by atoms with Gasteiger partial charge in [0.25, 0.3) is 0 Å². The molecular weight excluding hydrogens is 368 g/mol. The lowest BCUT2D eigenvalue weighted by atomic mass is 9.82. The van der Waals surface area contributed by atoms with Gasteiger partial charge >= 0.3 is 0 Å². The van der Waals surface area contributed by atoms with Crippen LogP contribution in [-0.4, -0.2) is 52.9 Å². The predicted octanol–water partition coefficient (Wildman–Crippen LogP) is 3.66. The van der Waals surface area contributed by atoms with Gasteiger partial charge in [0, 0.05) is 40.3 Å². The first-order valence-corrected chi connectivity index (χ1v) is 10.3. The van der Waals surface area contributed by atoms with E-state index < -0.39 is 11.2 Å². The second kappa shape index (κ2) is 8.94. The maximum absolute atomic E-state index is 7.24. The molecule has 2 aromatic carbocycles. The van der Waals surface area contributed by atoms with Gasteiger partial charge in [-0.1, -0.05) is 60.7 Å². The molecule has 4 atom stereocenters. The number of epoxide rings is 2. The number of rotatable bonds is 12. The summed E-state index contributed by atoms with van der Waals surface area (Å²) in [6.45, 7) is 2.52. The number of hydrogen-bond acceptors (Lipinski definition) is 5. The molecule has 5 nitrogen and oxygen atoms in total. The fourth-order valence-corrected chi connectivity index (χ4v) is 4.24. The van der Waals surface area contributed by atoms with Gasteiger partial charge in [-0.05, 0) is 11.1 Å². The molecule has 2 aromatic rings. The van der Waals surface area contributed by atoms with Crippen LogP contribution < -0.4 is 0 Å². The third kappa shape index (κ3) is 4.25. The smallest absolute Gasteiger partial charge is 0.125 e. The van der Waals surface area contributed by atoms with Crippen LogP contribution in [0.4, 0.5) is 0 Å². The van der Waals surface area contributed by atoms with E-state index in [9.17, 15) is 0 Å². The Labute approximate surface area is 172 Å². The normalized spacial score (nSPS) is 24.5. The first kappa shape index (κ1) is 20.5. The van der Waals surface area contributed by atoms with Gasteiger partial charge in [0.15, 0.2) is 0 Å². The van der Waals surface area contributed by atoms with Crippen molar-refractivity contribution in [2.45, 2.75) is 36.3 Å². The van der Waals surface area contributed by atoms with Gasteiger partial charge < -0.3 is 23.7 Å². The highest BCUT2D eigenvalue weighted by molar-refractivity contribution is 5.30. The Morgan fingerprint density at radius 1 is 0.724 bits per heavy atom. The van der Waals surface area contributed by atoms with Gasteiger partial charge in [0.1, 0.15) is 23.4 Å². The lowest BCUT2D eigenvalue weighted by Crippen LogP contribution is -2.49. The molecule has 2 saturated heterocycles. The molecule has 156 valence electrons. The van der Waals surface area contributed by atoms with Crippen LogP contribution in [0, 0.1) is 0 Å². The summed E-state index contributed by atoms with van der Waals surface area (Å²) in [5.74, 6) is 0. The predicted molar refractivity (Wildman–Crippen MR) is 110 cm³/mol. The van der Waals surface area contributed by atoms with E-state index in [1.54, 1.807) is 14.2 Å². The first-order valence-electron chi connectivity index (χ1n) is 10.3. The molecular formula is C24H30O5. The minimum absolute atomic E-state index is 0.00979. The molecule has 2 fully saturated rings. The standard InChI is InChI=1S/C24H30O5/c1-25-15-13-23(21-17-27-21,19-9-5-3-6-10-19)29-24(14-16-26-2,22-18-28-22)20-11-7-4-8-12-20/h3-12,21-22H,13-18H2,1-2H3. The second-order valence-electron chi connectivity index (χ2n) is 7.74. The molecule has 0 saturated carbocycles. The molecule has 5 heteroatoms. The van der Waals surface area contributed by atoms with Gasteiger partial charge in [-0.3, -0.25) is 0 Å². The molecule has 0 aromatic heterocycles. The molecule has 0 spiro atoms. The number of methoxy groups -OCH3 is 2. The zero-order chi connectivity index (χ0) is 20.2. The van der Waals surface area contributed by atoms with E-state index in [-0.39, 0.29) is 12.2 Å². The number of hydrogen-bond donors (Lipinski definition) is 0. The number of benzene rings is 2. The van der Waals surface area contributed by atoms with Crippen LogP contribution in [0.3, 0.4) is 0 Å². The van der Waals surface area contributed by atoms with E-state index in [0.29, 0.717) is 39.3 Å². The van der Waals surface area contributed by atoms with Gasteiger partial charge in [0.05, 0.1) is 13.2 Å². The Balaban J connectivity index is 1.80. The van der Waals surface area contributed by atoms with E-state index in [4.69, 9.17) is 23.7 Å². The van der Waals surface area contributed by atoms with Crippen molar-refractivity contribution in [3.8, 4) is 0 Å². The van der Waals surface area contributed by atoms with Crippen LogP contribution in [-0.2, 0) is 34.9 Å². The van der Waals surface area contributed by atoms with Crippen molar-refractivity contribution in [3.05, 3.63) is 71.8 Å². The third-order valence-electron chi connectivity index (χ3n) is 5.95. The van der Waals surface area contributed by atoms with Gasteiger partial charge in [-0.2, -0.15) is 0 Å². The second-order valence-corrected chi connectivity index (χ2v) is 7.74. The van der Waals surface area contributed by atoms with Gasteiger partial charge in [0.2, 0.25) is 0 Å². The van der Waals surface area contributed by atoms with Gasteiger partial charge in [-0.15, -0.1) is 0 Å². The summed E-state index contributed by atoms with van der Waals surface area (Å²) >= 11 is 0. The van der Waals surface area contributed by atoms with Crippen LogP contribution >= 0.6 is 0 Å². The average Bonchev–Trinajstić information content (AvgIpc) is 3.67. The first-order chi connectivity index (χ1) is 14.2. The molecule has 0 radical (unpaired) electrons. The molecule has 4 unspecified atom stereocenters. The molecule has 0 aliphatic carbocycles. The average molecular weight is 398 g/mol. The molecule has 0 amide bonds. The fourth-order valence-electron chi connectivity index (χ4n) is 4.24. The van der Waals surface area contributed by atoms with Crippen molar-refractivity contribution in [2.24, 2.45) is 0 Å². The summed E-state index contributed by atoms with van der Waals surface area (Å²) in [6.07, 6.45) is 1.38. The number of ether oxygens (including phenoxy) is 5. The van der Waals surface area contributed by atoms with Crippen molar-refractivity contribution >= 4 is 0 Å². The molecule has 2 aliphatic heterocycles. The van der Waals surface area contributed by atoms with Crippen LogP contribution in [0.25, 0.3) is 0 Å². The maximum Gasteiger partial charge on any atom is 0.125 e. The van der Waals surface area contributed by atoms with Crippen molar-refractivity contribution in [3.63, 3.8) is 0 Å². The molecule has 29 heavy (non-hydrogen) atoms. The Morgan fingerprint density at radius 2 is 1.10 bits per heavy atom. The zero-order valence-electron chi connectivity index (χ0n) is 17.2. The summed E-state index contributed by atoms with van der Waals surface area (Å²) in [4.78, 5) is 0.